The second-order valence-electron chi connectivity index (χ2n) is 6.67. The van der Waals surface area contributed by atoms with Gasteiger partial charge in [0.1, 0.15) is 17.2 Å². The number of aromatic nitrogens is 3. The molecule has 7 nitrogen and oxygen atoms in total. The molecule has 30 heavy (non-hydrogen) atoms. The maximum atomic E-state index is 6.11. The Hall–Kier alpha value is -3.65. The van der Waals surface area contributed by atoms with Crippen molar-refractivity contribution < 1.29 is 9.47 Å². The Morgan fingerprint density at radius 3 is 2.30 bits per heavy atom. The fourth-order valence-corrected chi connectivity index (χ4v) is 3.75. The number of nitrogens with two attached hydrogens (primary N) is 1. The monoisotopic (exact) mass is 419 g/mol. The normalized spacial score (nSPS) is 10.6. The molecule has 2 aromatic heterocycles. The molecule has 0 unspecified atom stereocenters. The number of thiazole rings is 1. The van der Waals surface area contributed by atoms with Gasteiger partial charge in [0, 0.05) is 23.3 Å². The number of anilines is 3. The van der Waals surface area contributed by atoms with E-state index in [0.717, 1.165) is 39.6 Å². The van der Waals surface area contributed by atoms with E-state index in [9.17, 15) is 0 Å². The zero-order valence-corrected chi connectivity index (χ0v) is 17.7. The quantitative estimate of drug-likeness (QED) is 0.435. The Balaban J connectivity index is 1.55. The molecule has 0 aliphatic carbocycles. The summed E-state index contributed by atoms with van der Waals surface area (Å²) in [7, 11) is 1.64. The summed E-state index contributed by atoms with van der Waals surface area (Å²) in [6.45, 7) is 4.06. The SMILES string of the molecule is COc1ccc(Oc2c(C)cc(-c3csc(Nc4nccnc4N)n3)cc2C)cc1. The van der Waals surface area contributed by atoms with Crippen molar-refractivity contribution in [2.45, 2.75) is 13.8 Å². The van der Waals surface area contributed by atoms with E-state index in [1.54, 1.807) is 19.5 Å². The topological polar surface area (TPSA) is 95.2 Å². The van der Waals surface area contributed by atoms with Crippen LogP contribution >= 0.6 is 11.3 Å². The van der Waals surface area contributed by atoms with Crippen LogP contribution in [0.25, 0.3) is 11.3 Å². The number of nitrogens with zero attached hydrogens (tertiary/aromatic N) is 3. The van der Waals surface area contributed by atoms with Crippen LogP contribution in [0.15, 0.2) is 54.2 Å². The number of nitrogens with one attached hydrogen (secondary N) is 1. The van der Waals surface area contributed by atoms with Gasteiger partial charge in [-0.15, -0.1) is 11.3 Å². The van der Waals surface area contributed by atoms with Crippen LogP contribution in [0.2, 0.25) is 0 Å². The molecule has 0 saturated heterocycles. The van der Waals surface area contributed by atoms with Crippen LogP contribution in [0.4, 0.5) is 16.8 Å². The first kappa shape index (κ1) is 19.7. The lowest BCUT2D eigenvalue weighted by Crippen LogP contribution is -2.00. The van der Waals surface area contributed by atoms with Crippen LogP contribution < -0.4 is 20.5 Å². The van der Waals surface area contributed by atoms with Crippen molar-refractivity contribution in [3.05, 3.63) is 65.3 Å². The summed E-state index contributed by atoms with van der Waals surface area (Å²) >= 11 is 1.48. The maximum Gasteiger partial charge on any atom is 0.188 e. The summed E-state index contributed by atoms with van der Waals surface area (Å²) < 4.78 is 11.3. The highest BCUT2D eigenvalue weighted by Gasteiger charge is 2.12. The third kappa shape index (κ3) is 4.18. The lowest BCUT2D eigenvalue weighted by molar-refractivity contribution is 0.412. The first-order chi connectivity index (χ1) is 14.5. The minimum atomic E-state index is 0.334. The largest absolute Gasteiger partial charge is 0.497 e. The van der Waals surface area contributed by atoms with Gasteiger partial charge < -0.3 is 20.5 Å². The van der Waals surface area contributed by atoms with Gasteiger partial charge in [0.25, 0.3) is 0 Å². The smallest absolute Gasteiger partial charge is 0.188 e. The number of nitrogen functional groups attached to an aromatic ring is 1. The molecule has 0 amide bonds. The maximum absolute atomic E-state index is 6.11. The van der Waals surface area contributed by atoms with Crippen molar-refractivity contribution in [3.63, 3.8) is 0 Å². The molecular formula is C22H21N5O2S. The second-order valence-corrected chi connectivity index (χ2v) is 7.53. The number of benzene rings is 2. The van der Waals surface area contributed by atoms with Crippen molar-refractivity contribution in [3.8, 4) is 28.5 Å². The first-order valence-electron chi connectivity index (χ1n) is 9.26. The van der Waals surface area contributed by atoms with Gasteiger partial charge in [-0.1, -0.05) is 0 Å². The van der Waals surface area contributed by atoms with E-state index < -0.39 is 0 Å². The van der Waals surface area contributed by atoms with Crippen LogP contribution in [-0.2, 0) is 0 Å². The molecule has 2 aromatic carbocycles. The number of hydrogen-bond acceptors (Lipinski definition) is 8. The second kappa shape index (κ2) is 8.38. The summed E-state index contributed by atoms with van der Waals surface area (Å²) in [5, 5.41) is 5.81. The van der Waals surface area contributed by atoms with Gasteiger partial charge in [-0.2, -0.15) is 0 Å². The molecular weight excluding hydrogens is 398 g/mol. The molecule has 0 radical (unpaired) electrons. The number of methoxy groups -OCH3 is 1. The molecule has 0 aliphatic rings. The van der Waals surface area contributed by atoms with E-state index >= 15 is 0 Å². The Bertz CT molecular complexity index is 1150. The molecule has 0 saturated carbocycles. The van der Waals surface area contributed by atoms with Crippen LogP contribution in [0.5, 0.6) is 17.2 Å². The number of aryl methyl sites for hydroxylation is 2. The Morgan fingerprint density at radius 2 is 1.63 bits per heavy atom. The van der Waals surface area contributed by atoms with E-state index in [4.69, 9.17) is 15.2 Å². The molecule has 2 heterocycles. The average Bonchev–Trinajstić information content (AvgIpc) is 3.21. The van der Waals surface area contributed by atoms with Crippen LogP contribution in [0, 0.1) is 13.8 Å². The standard InChI is InChI=1S/C22H21N5O2S/c1-13-10-15(11-14(2)19(13)29-17-6-4-16(28-3)5-7-17)18-12-30-22(26-18)27-21-20(23)24-8-9-25-21/h4-12H,1-3H3,(H2,23,24)(H,25,26,27). The Morgan fingerprint density at radius 1 is 0.967 bits per heavy atom. The van der Waals surface area contributed by atoms with E-state index in [-0.39, 0.29) is 0 Å². The molecule has 0 bridgehead atoms. The fourth-order valence-electron chi connectivity index (χ4n) is 3.03. The number of hydrogen-bond donors (Lipinski definition) is 2. The molecule has 0 fully saturated rings. The Labute approximate surface area is 178 Å². The lowest BCUT2D eigenvalue weighted by atomic mass is 10.0. The van der Waals surface area contributed by atoms with Gasteiger partial charge in [0.15, 0.2) is 16.8 Å². The molecule has 0 atom stereocenters. The van der Waals surface area contributed by atoms with Crippen molar-refractivity contribution in [1.29, 1.82) is 0 Å². The van der Waals surface area contributed by atoms with Crippen molar-refractivity contribution in [1.82, 2.24) is 15.0 Å². The summed E-state index contributed by atoms with van der Waals surface area (Å²) in [6, 6.07) is 11.7. The predicted molar refractivity (Wildman–Crippen MR) is 120 cm³/mol. The summed E-state index contributed by atoms with van der Waals surface area (Å²) in [6.07, 6.45) is 3.14. The van der Waals surface area contributed by atoms with Gasteiger partial charge in [-0.05, 0) is 61.4 Å². The highest BCUT2D eigenvalue weighted by molar-refractivity contribution is 7.14. The van der Waals surface area contributed by atoms with E-state index in [2.05, 4.69) is 32.4 Å². The van der Waals surface area contributed by atoms with Gasteiger partial charge in [-0.3, -0.25) is 0 Å². The summed E-state index contributed by atoms with van der Waals surface area (Å²) in [5.41, 5.74) is 9.79. The molecule has 152 valence electrons. The summed E-state index contributed by atoms with van der Waals surface area (Å²) in [4.78, 5) is 12.9. The van der Waals surface area contributed by atoms with Gasteiger partial charge in [0.2, 0.25) is 0 Å². The van der Waals surface area contributed by atoms with Crippen molar-refractivity contribution in [2.24, 2.45) is 0 Å². The zero-order valence-electron chi connectivity index (χ0n) is 16.8. The fraction of sp³-hybridized carbons (Fsp3) is 0.136. The van der Waals surface area contributed by atoms with E-state index in [1.807, 2.05) is 43.5 Å². The van der Waals surface area contributed by atoms with Gasteiger partial charge in [-0.25, -0.2) is 15.0 Å². The molecule has 8 heteroatoms. The predicted octanol–water partition coefficient (Wildman–Crippen LogP) is 5.34. The average molecular weight is 420 g/mol. The van der Waals surface area contributed by atoms with Crippen LogP contribution in [-0.4, -0.2) is 22.1 Å². The van der Waals surface area contributed by atoms with Gasteiger partial charge >= 0.3 is 0 Å². The molecule has 4 aromatic rings. The minimum absolute atomic E-state index is 0.334. The van der Waals surface area contributed by atoms with Crippen LogP contribution in [0.3, 0.4) is 0 Å². The zero-order chi connectivity index (χ0) is 21.1. The first-order valence-corrected chi connectivity index (χ1v) is 10.1. The number of rotatable bonds is 6. The minimum Gasteiger partial charge on any atom is -0.497 e. The third-order valence-corrected chi connectivity index (χ3v) is 5.25. The van der Waals surface area contributed by atoms with E-state index in [0.29, 0.717) is 16.8 Å². The van der Waals surface area contributed by atoms with Crippen molar-refractivity contribution in [2.75, 3.05) is 18.2 Å². The molecule has 0 aliphatic heterocycles. The number of ether oxygens (including phenoxy) is 2. The molecule has 3 N–H and O–H groups in total. The third-order valence-electron chi connectivity index (χ3n) is 4.49. The molecule has 4 rings (SSSR count). The highest BCUT2D eigenvalue weighted by atomic mass is 32.1. The molecule has 0 spiro atoms. The highest BCUT2D eigenvalue weighted by Crippen LogP contribution is 2.35. The van der Waals surface area contributed by atoms with E-state index in [1.165, 1.54) is 11.3 Å². The summed E-state index contributed by atoms with van der Waals surface area (Å²) in [5.74, 6) is 3.22. The van der Waals surface area contributed by atoms with Crippen molar-refractivity contribution >= 4 is 28.1 Å². The Kier molecular flexibility index (Phi) is 5.49. The van der Waals surface area contributed by atoms with Crippen LogP contribution in [0.1, 0.15) is 11.1 Å². The lowest BCUT2D eigenvalue weighted by Gasteiger charge is -2.13. The van der Waals surface area contributed by atoms with Gasteiger partial charge in [0.05, 0.1) is 12.8 Å².